The first-order chi connectivity index (χ1) is 12.9. The normalized spacial score (nSPS) is 19.9. The predicted molar refractivity (Wildman–Crippen MR) is 101 cm³/mol. The molecule has 1 aromatic carbocycles. The molecule has 0 radical (unpaired) electrons. The van der Waals surface area contributed by atoms with E-state index in [1.165, 1.54) is 22.8 Å². The molecule has 1 fully saturated rings. The maximum atomic E-state index is 12.5. The second-order valence-electron chi connectivity index (χ2n) is 7.45. The van der Waals surface area contributed by atoms with Crippen molar-refractivity contribution in [1.82, 2.24) is 9.47 Å². The summed E-state index contributed by atoms with van der Waals surface area (Å²) in [6.07, 6.45) is 5.28. The van der Waals surface area contributed by atoms with Gasteiger partial charge in [-0.3, -0.25) is 19.5 Å². The molecule has 8 nitrogen and oxygen atoms in total. The highest BCUT2D eigenvalue weighted by atomic mass is 16.6. The van der Waals surface area contributed by atoms with E-state index < -0.39 is 10.7 Å². The predicted octanol–water partition coefficient (Wildman–Crippen LogP) is 3.32. The summed E-state index contributed by atoms with van der Waals surface area (Å²) in [5.74, 6) is 0.264. The van der Waals surface area contributed by atoms with E-state index in [4.69, 9.17) is 4.42 Å². The van der Waals surface area contributed by atoms with Gasteiger partial charge in [0.05, 0.1) is 16.5 Å². The van der Waals surface area contributed by atoms with Crippen LogP contribution in [0.4, 0.5) is 5.69 Å². The molecule has 1 aromatic heterocycles. The Morgan fingerprint density at radius 3 is 2.70 bits per heavy atom. The molecule has 1 saturated carbocycles. The third-order valence-corrected chi connectivity index (χ3v) is 5.56. The number of aryl methyl sites for hydroxylation is 1. The summed E-state index contributed by atoms with van der Waals surface area (Å²) in [7, 11) is 1.86. The summed E-state index contributed by atoms with van der Waals surface area (Å²) in [6.45, 7) is 2.59. The number of nitrogens with zero attached hydrogens (tertiary/aromatic N) is 3. The number of amides is 1. The molecule has 0 bridgehead atoms. The van der Waals surface area contributed by atoms with E-state index >= 15 is 0 Å². The van der Waals surface area contributed by atoms with Gasteiger partial charge in [0.1, 0.15) is 0 Å². The lowest BCUT2D eigenvalue weighted by Gasteiger charge is -2.33. The van der Waals surface area contributed by atoms with Crippen LogP contribution in [0.2, 0.25) is 0 Å². The van der Waals surface area contributed by atoms with Crippen molar-refractivity contribution in [2.24, 2.45) is 5.92 Å². The molecule has 0 atom stereocenters. The van der Waals surface area contributed by atoms with E-state index in [9.17, 15) is 19.7 Å². The maximum Gasteiger partial charge on any atom is 0.419 e. The van der Waals surface area contributed by atoms with Gasteiger partial charge < -0.3 is 9.32 Å². The lowest BCUT2D eigenvalue weighted by atomic mass is 9.86. The van der Waals surface area contributed by atoms with Crippen LogP contribution < -0.4 is 5.76 Å². The second-order valence-corrected chi connectivity index (χ2v) is 7.45. The zero-order valence-electron chi connectivity index (χ0n) is 15.7. The maximum absolute atomic E-state index is 12.5. The Morgan fingerprint density at radius 1 is 1.33 bits per heavy atom. The summed E-state index contributed by atoms with van der Waals surface area (Å²) in [5, 5.41) is 10.8. The summed E-state index contributed by atoms with van der Waals surface area (Å²) in [4.78, 5) is 36.7. The minimum Gasteiger partial charge on any atom is -0.407 e. The molecule has 1 aliphatic carbocycles. The summed E-state index contributed by atoms with van der Waals surface area (Å²) in [6, 6.07) is 4.41. The van der Waals surface area contributed by atoms with Crippen LogP contribution in [-0.4, -0.2) is 33.4 Å². The molecule has 27 heavy (non-hydrogen) atoms. The van der Waals surface area contributed by atoms with Crippen LogP contribution in [0.1, 0.15) is 45.4 Å². The number of nitro groups is 1. The Hall–Kier alpha value is -2.64. The molecular formula is C19H25N3O5. The molecule has 0 aliphatic heterocycles. The minimum atomic E-state index is -0.562. The largest absolute Gasteiger partial charge is 0.419 e. The van der Waals surface area contributed by atoms with Crippen molar-refractivity contribution in [3.8, 4) is 0 Å². The molecule has 1 amide bonds. The van der Waals surface area contributed by atoms with Gasteiger partial charge in [-0.15, -0.1) is 0 Å². The first kappa shape index (κ1) is 19.1. The van der Waals surface area contributed by atoms with Gasteiger partial charge in [0.2, 0.25) is 5.91 Å². The number of nitro benzene ring substituents is 1. The fourth-order valence-electron chi connectivity index (χ4n) is 3.78. The number of hydrogen-bond donors (Lipinski definition) is 0. The molecule has 0 saturated heterocycles. The number of carbonyl (C=O) groups is 1. The number of aromatic nitrogens is 1. The van der Waals surface area contributed by atoms with Gasteiger partial charge in [0.15, 0.2) is 5.58 Å². The highest BCUT2D eigenvalue weighted by molar-refractivity contribution is 5.77. The zero-order chi connectivity index (χ0) is 19.6. The highest BCUT2D eigenvalue weighted by Crippen LogP contribution is 2.27. The van der Waals surface area contributed by atoms with Crippen LogP contribution in [-0.2, 0) is 11.3 Å². The van der Waals surface area contributed by atoms with Crippen molar-refractivity contribution in [2.45, 2.75) is 58.0 Å². The van der Waals surface area contributed by atoms with Crippen LogP contribution >= 0.6 is 0 Å². The number of carbonyl (C=O) groups excluding carboxylic acids is 1. The number of non-ortho nitro benzene ring substituents is 1. The van der Waals surface area contributed by atoms with Gasteiger partial charge in [-0.2, -0.15) is 0 Å². The van der Waals surface area contributed by atoms with E-state index in [1.807, 2.05) is 11.9 Å². The van der Waals surface area contributed by atoms with Crippen LogP contribution in [0.3, 0.4) is 0 Å². The number of benzene rings is 1. The quantitative estimate of drug-likeness (QED) is 0.570. The van der Waals surface area contributed by atoms with E-state index in [-0.39, 0.29) is 17.2 Å². The van der Waals surface area contributed by atoms with Gasteiger partial charge >= 0.3 is 5.76 Å². The van der Waals surface area contributed by atoms with Crippen LogP contribution in [0.25, 0.3) is 11.1 Å². The molecule has 3 rings (SSSR count). The van der Waals surface area contributed by atoms with Gasteiger partial charge in [-0.25, -0.2) is 4.79 Å². The van der Waals surface area contributed by atoms with Crippen molar-refractivity contribution >= 4 is 22.7 Å². The Labute approximate surface area is 156 Å². The molecule has 8 heteroatoms. The van der Waals surface area contributed by atoms with E-state index in [1.54, 1.807) is 0 Å². The Balaban J connectivity index is 1.60. The molecular weight excluding hydrogens is 350 g/mol. The van der Waals surface area contributed by atoms with Gasteiger partial charge in [-0.05, 0) is 44.1 Å². The van der Waals surface area contributed by atoms with Crippen molar-refractivity contribution < 1.29 is 14.1 Å². The lowest BCUT2D eigenvalue weighted by Crippen LogP contribution is -2.39. The molecule has 0 unspecified atom stereocenters. The number of hydrogen-bond acceptors (Lipinski definition) is 5. The Morgan fingerprint density at radius 2 is 2.04 bits per heavy atom. The molecule has 0 spiro atoms. The fourth-order valence-corrected chi connectivity index (χ4v) is 3.78. The van der Waals surface area contributed by atoms with Gasteiger partial charge in [-0.1, -0.05) is 6.92 Å². The topological polar surface area (TPSA) is 98.6 Å². The van der Waals surface area contributed by atoms with E-state index in [0.717, 1.165) is 31.6 Å². The van der Waals surface area contributed by atoms with Gasteiger partial charge in [0, 0.05) is 32.1 Å². The van der Waals surface area contributed by atoms with Crippen LogP contribution in [0.5, 0.6) is 0 Å². The molecule has 0 N–H and O–H groups in total. The first-order valence-corrected chi connectivity index (χ1v) is 9.40. The monoisotopic (exact) mass is 375 g/mol. The Bertz CT molecular complexity index is 892. The fraction of sp³-hybridized carbons (Fsp3) is 0.579. The zero-order valence-corrected chi connectivity index (χ0v) is 15.7. The van der Waals surface area contributed by atoms with E-state index in [2.05, 4.69) is 6.92 Å². The van der Waals surface area contributed by atoms with Crippen LogP contribution in [0, 0.1) is 16.0 Å². The SMILES string of the molecule is CC1CCC(N(C)C(=O)CCCn2c(=O)oc3cc([N+](=O)[O-])ccc32)CC1. The van der Waals surface area contributed by atoms with Gasteiger partial charge in [0.25, 0.3) is 5.69 Å². The van der Waals surface area contributed by atoms with Crippen molar-refractivity contribution in [1.29, 1.82) is 0 Å². The lowest BCUT2D eigenvalue weighted by molar-refractivity contribution is -0.384. The molecule has 146 valence electrons. The summed E-state index contributed by atoms with van der Waals surface area (Å²) < 4.78 is 6.53. The van der Waals surface area contributed by atoms with Crippen LogP contribution in [0.15, 0.2) is 27.4 Å². The standard InChI is InChI=1S/C19H25N3O5/c1-13-5-7-14(8-6-13)20(2)18(23)4-3-11-21-16-10-9-15(22(25)26)12-17(16)27-19(21)24/h9-10,12-14H,3-8,11H2,1-2H3. The van der Waals surface area contributed by atoms with Crippen molar-refractivity contribution in [3.63, 3.8) is 0 Å². The van der Waals surface area contributed by atoms with Crippen molar-refractivity contribution in [3.05, 3.63) is 38.9 Å². The highest BCUT2D eigenvalue weighted by Gasteiger charge is 2.24. The minimum absolute atomic E-state index is 0.0889. The first-order valence-electron chi connectivity index (χ1n) is 9.40. The number of rotatable bonds is 6. The average Bonchev–Trinajstić information content (AvgIpc) is 2.96. The number of fused-ring (bicyclic) bond motifs is 1. The molecule has 1 aliphatic rings. The second kappa shape index (κ2) is 7.94. The smallest absolute Gasteiger partial charge is 0.407 e. The summed E-state index contributed by atoms with van der Waals surface area (Å²) >= 11 is 0. The summed E-state index contributed by atoms with van der Waals surface area (Å²) in [5.41, 5.74) is 0.573. The van der Waals surface area contributed by atoms with E-state index in [0.29, 0.717) is 30.9 Å². The third-order valence-electron chi connectivity index (χ3n) is 5.56. The molecule has 2 aromatic rings. The average molecular weight is 375 g/mol. The molecule has 1 heterocycles. The number of oxazole rings is 1. The third kappa shape index (κ3) is 4.20. The Kier molecular flexibility index (Phi) is 5.62. The van der Waals surface area contributed by atoms with Crippen molar-refractivity contribution in [2.75, 3.05) is 7.05 Å².